The van der Waals surface area contributed by atoms with Crippen molar-refractivity contribution >= 4 is 17.3 Å². The molecule has 2 aromatic rings. The maximum Gasteiger partial charge on any atom is 0.196 e. The second kappa shape index (κ2) is 4.60. The van der Waals surface area contributed by atoms with Crippen molar-refractivity contribution in [3.05, 3.63) is 64.2 Å². The number of hydrogen-bond acceptors (Lipinski definition) is 3. The first-order valence-corrected chi connectivity index (χ1v) is 6.71. The van der Waals surface area contributed by atoms with Crippen LogP contribution >= 0.6 is 0 Å². The second-order valence-corrected chi connectivity index (χ2v) is 4.83. The average Bonchev–Trinajstić information content (AvgIpc) is 2.51. The highest BCUT2D eigenvalue weighted by Crippen LogP contribution is 2.34. The molecule has 0 amide bonds. The molecule has 3 heteroatoms. The standard InChI is InChI=1S/C17H15NO2/c1-3-10-8-9-13-14(15(10)18-2)17(20)12-7-5-4-6-11(12)16(13)19/h4-9,18H,3H2,1-2H3. The largest absolute Gasteiger partial charge is 0.387 e. The summed E-state index contributed by atoms with van der Waals surface area (Å²) in [4.78, 5) is 25.3. The number of anilines is 1. The minimum absolute atomic E-state index is 0.0742. The van der Waals surface area contributed by atoms with Crippen LogP contribution in [-0.4, -0.2) is 18.6 Å². The van der Waals surface area contributed by atoms with Gasteiger partial charge in [0.05, 0.1) is 5.56 Å². The molecule has 1 aliphatic rings. The molecule has 0 aliphatic heterocycles. The van der Waals surface area contributed by atoms with Gasteiger partial charge in [-0.2, -0.15) is 0 Å². The lowest BCUT2D eigenvalue weighted by Crippen LogP contribution is -2.22. The van der Waals surface area contributed by atoms with Gasteiger partial charge in [0.25, 0.3) is 0 Å². The minimum Gasteiger partial charge on any atom is -0.387 e. The number of aryl methyl sites for hydroxylation is 1. The van der Waals surface area contributed by atoms with Crippen LogP contribution in [-0.2, 0) is 6.42 Å². The lowest BCUT2D eigenvalue weighted by molar-refractivity contribution is 0.0979. The topological polar surface area (TPSA) is 46.2 Å². The number of hydrogen-bond donors (Lipinski definition) is 1. The summed E-state index contributed by atoms with van der Waals surface area (Å²) in [5.74, 6) is -0.149. The summed E-state index contributed by atoms with van der Waals surface area (Å²) in [6.45, 7) is 2.03. The predicted molar refractivity (Wildman–Crippen MR) is 78.7 cm³/mol. The molecule has 0 saturated carbocycles. The molecule has 0 fully saturated rings. The van der Waals surface area contributed by atoms with Crippen molar-refractivity contribution in [1.82, 2.24) is 0 Å². The maximum absolute atomic E-state index is 12.7. The Kier molecular flexibility index (Phi) is 2.90. The van der Waals surface area contributed by atoms with Crippen LogP contribution in [0.4, 0.5) is 5.69 Å². The molecule has 2 aromatic carbocycles. The molecule has 0 atom stereocenters. The first kappa shape index (κ1) is 12.6. The third-order valence-corrected chi connectivity index (χ3v) is 3.81. The fourth-order valence-corrected chi connectivity index (χ4v) is 2.81. The normalized spacial score (nSPS) is 12.9. The Bertz CT molecular complexity index is 732. The van der Waals surface area contributed by atoms with Crippen LogP contribution < -0.4 is 5.32 Å². The molecule has 3 rings (SSSR count). The molecule has 0 saturated heterocycles. The van der Waals surface area contributed by atoms with E-state index in [2.05, 4.69) is 5.32 Å². The fraction of sp³-hybridized carbons (Fsp3) is 0.176. The van der Waals surface area contributed by atoms with Crippen LogP contribution in [0, 0.1) is 0 Å². The van der Waals surface area contributed by atoms with E-state index in [0.29, 0.717) is 22.3 Å². The molecule has 20 heavy (non-hydrogen) atoms. The van der Waals surface area contributed by atoms with Gasteiger partial charge in [0.15, 0.2) is 11.6 Å². The van der Waals surface area contributed by atoms with Crippen LogP contribution in [0.3, 0.4) is 0 Å². The summed E-state index contributed by atoms with van der Waals surface area (Å²) in [6.07, 6.45) is 0.812. The number of fused-ring (bicyclic) bond motifs is 2. The fourth-order valence-electron chi connectivity index (χ4n) is 2.81. The van der Waals surface area contributed by atoms with E-state index >= 15 is 0 Å². The van der Waals surface area contributed by atoms with Crippen LogP contribution in [0.1, 0.15) is 44.3 Å². The third kappa shape index (κ3) is 1.59. The first-order valence-electron chi connectivity index (χ1n) is 6.71. The van der Waals surface area contributed by atoms with E-state index in [0.717, 1.165) is 17.7 Å². The Morgan fingerprint density at radius 2 is 1.55 bits per heavy atom. The van der Waals surface area contributed by atoms with Gasteiger partial charge in [-0.3, -0.25) is 9.59 Å². The molecule has 0 heterocycles. The molecule has 3 nitrogen and oxygen atoms in total. The lowest BCUT2D eigenvalue weighted by atomic mass is 9.82. The Morgan fingerprint density at radius 3 is 2.15 bits per heavy atom. The summed E-state index contributed by atoms with van der Waals surface area (Å²) in [7, 11) is 1.78. The molecule has 0 bridgehead atoms. The number of nitrogens with one attached hydrogen (secondary N) is 1. The van der Waals surface area contributed by atoms with Gasteiger partial charge in [-0.25, -0.2) is 0 Å². The van der Waals surface area contributed by atoms with Crippen LogP contribution in [0.5, 0.6) is 0 Å². The van der Waals surface area contributed by atoms with Crippen molar-refractivity contribution < 1.29 is 9.59 Å². The van der Waals surface area contributed by atoms with Gasteiger partial charge in [-0.15, -0.1) is 0 Å². The molecule has 0 unspecified atom stereocenters. The zero-order chi connectivity index (χ0) is 14.3. The van der Waals surface area contributed by atoms with Gasteiger partial charge in [0, 0.05) is 29.4 Å². The summed E-state index contributed by atoms with van der Waals surface area (Å²) in [5.41, 5.74) is 3.82. The predicted octanol–water partition coefficient (Wildman–Crippen LogP) is 3.07. The number of ketones is 2. The number of benzene rings is 2. The molecule has 0 radical (unpaired) electrons. The van der Waals surface area contributed by atoms with Crippen molar-refractivity contribution in [3.8, 4) is 0 Å². The highest BCUT2D eigenvalue weighted by Gasteiger charge is 2.31. The lowest BCUT2D eigenvalue weighted by Gasteiger charge is -2.21. The van der Waals surface area contributed by atoms with E-state index in [4.69, 9.17) is 0 Å². The molecule has 1 aliphatic carbocycles. The Labute approximate surface area is 117 Å². The number of carbonyl (C=O) groups is 2. The Morgan fingerprint density at radius 1 is 0.900 bits per heavy atom. The smallest absolute Gasteiger partial charge is 0.196 e. The monoisotopic (exact) mass is 265 g/mol. The zero-order valence-electron chi connectivity index (χ0n) is 11.5. The van der Waals surface area contributed by atoms with Crippen molar-refractivity contribution in [2.45, 2.75) is 13.3 Å². The van der Waals surface area contributed by atoms with Crippen molar-refractivity contribution in [2.75, 3.05) is 12.4 Å². The Hall–Kier alpha value is -2.42. The van der Waals surface area contributed by atoms with Gasteiger partial charge in [-0.05, 0) is 18.1 Å². The van der Waals surface area contributed by atoms with Gasteiger partial charge in [0.1, 0.15) is 0 Å². The van der Waals surface area contributed by atoms with E-state index in [9.17, 15) is 9.59 Å². The van der Waals surface area contributed by atoms with E-state index in [1.165, 1.54) is 0 Å². The van der Waals surface area contributed by atoms with Gasteiger partial charge in [0.2, 0.25) is 0 Å². The summed E-state index contributed by atoms with van der Waals surface area (Å²) in [5, 5.41) is 3.08. The van der Waals surface area contributed by atoms with E-state index in [-0.39, 0.29) is 11.6 Å². The molecular formula is C17H15NO2. The average molecular weight is 265 g/mol. The minimum atomic E-state index is -0.0747. The Balaban J connectivity index is 2.33. The van der Waals surface area contributed by atoms with Gasteiger partial charge in [-0.1, -0.05) is 37.3 Å². The maximum atomic E-state index is 12.7. The van der Waals surface area contributed by atoms with Crippen LogP contribution in [0.25, 0.3) is 0 Å². The molecule has 0 spiro atoms. The highest BCUT2D eigenvalue weighted by molar-refractivity contribution is 6.30. The zero-order valence-corrected chi connectivity index (χ0v) is 11.5. The van der Waals surface area contributed by atoms with Crippen molar-refractivity contribution in [2.24, 2.45) is 0 Å². The van der Waals surface area contributed by atoms with E-state index in [1.807, 2.05) is 13.0 Å². The quantitative estimate of drug-likeness (QED) is 0.774. The third-order valence-electron chi connectivity index (χ3n) is 3.81. The first-order chi connectivity index (χ1) is 9.69. The van der Waals surface area contributed by atoms with E-state index in [1.54, 1.807) is 37.4 Å². The molecule has 100 valence electrons. The number of rotatable bonds is 2. The van der Waals surface area contributed by atoms with Crippen molar-refractivity contribution in [1.29, 1.82) is 0 Å². The summed E-state index contributed by atoms with van der Waals surface area (Å²) >= 11 is 0. The second-order valence-electron chi connectivity index (χ2n) is 4.83. The van der Waals surface area contributed by atoms with Gasteiger partial charge >= 0.3 is 0 Å². The highest BCUT2D eigenvalue weighted by atomic mass is 16.1. The summed E-state index contributed by atoms with van der Waals surface area (Å²) in [6, 6.07) is 10.7. The van der Waals surface area contributed by atoms with Crippen LogP contribution in [0.2, 0.25) is 0 Å². The number of carbonyl (C=O) groups excluding carboxylic acids is 2. The van der Waals surface area contributed by atoms with Crippen molar-refractivity contribution in [3.63, 3.8) is 0 Å². The SMILES string of the molecule is CCc1ccc2c(c1NC)C(=O)c1ccccc1C2=O. The molecule has 1 N–H and O–H groups in total. The van der Waals surface area contributed by atoms with E-state index < -0.39 is 0 Å². The molecule has 0 aromatic heterocycles. The molecular weight excluding hydrogens is 250 g/mol. The van der Waals surface area contributed by atoms with Gasteiger partial charge < -0.3 is 5.32 Å². The summed E-state index contributed by atoms with van der Waals surface area (Å²) < 4.78 is 0. The van der Waals surface area contributed by atoms with Crippen LogP contribution in [0.15, 0.2) is 36.4 Å².